The third kappa shape index (κ3) is 2.27. The highest BCUT2D eigenvalue weighted by Crippen LogP contribution is 2.22. The third-order valence-corrected chi connectivity index (χ3v) is 2.50. The van der Waals surface area contributed by atoms with Crippen LogP contribution in [0.25, 0.3) is 6.08 Å². The SMILES string of the molecule is Cc1ccc(/C=C2\CC(C)OC2=O)cc1. The van der Waals surface area contributed by atoms with Crippen molar-refractivity contribution in [1.29, 1.82) is 0 Å². The van der Waals surface area contributed by atoms with Crippen LogP contribution >= 0.6 is 0 Å². The summed E-state index contributed by atoms with van der Waals surface area (Å²) in [6.07, 6.45) is 2.65. The molecule has 0 amide bonds. The van der Waals surface area contributed by atoms with E-state index >= 15 is 0 Å². The standard InChI is InChI=1S/C13H14O2/c1-9-3-5-11(6-4-9)8-12-7-10(2)15-13(12)14/h3-6,8,10H,7H2,1-2H3/b12-8+. The molecule has 2 nitrogen and oxygen atoms in total. The Kier molecular flexibility index (Phi) is 2.58. The molecule has 2 rings (SSSR count). The maximum Gasteiger partial charge on any atom is 0.334 e. The van der Waals surface area contributed by atoms with Crippen LogP contribution in [-0.4, -0.2) is 12.1 Å². The fourth-order valence-corrected chi connectivity index (χ4v) is 1.67. The van der Waals surface area contributed by atoms with E-state index in [2.05, 4.69) is 0 Å². The first-order valence-electron chi connectivity index (χ1n) is 5.13. The number of aryl methyl sites for hydroxylation is 1. The highest BCUT2D eigenvalue weighted by Gasteiger charge is 2.24. The Morgan fingerprint density at radius 1 is 1.33 bits per heavy atom. The second-order valence-corrected chi connectivity index (χ2v) is 4.00. The van der Waals surface area contributed by atoms with Gasteiger partial charge in [0.2, 0.25) is 0 Å². The summed E-state index contributed by atoms with van der Waals surface area (Å²) < 4.78 is 5.06. The monoisotopic (exact) mass is 202 g/mol. The predicted molar refractivity (Wildman–Crippen MR) is 59.3 cm³/mol. The summed E-state index contributed by atoms with van der Waals surface area (Å²) in [5.41, 5.74) is 3.05. The van der Waals surface area contributed by atoms with Crippen molar-refractivity contribution in [2.75, 3.05) is 0 Å². The molecule has 0 N–H and O–H groups in total. The van der Waals surface area contributed by atoms with Crippen molar-refractivity contribution in [2.24, 2.45) is 0 Å². The number of esters is 1. The number of cyclic esters (lactones) is 1. The molecule has 1 fully saturated rings. The van der Waals surface area contributed by atoms with Crippen LogP contribution in [0.2, 0.25) is 0 Å². The Bertz CT molecular complexity index is 401. The lowest BCUT2D eigenvalue weighted by atomic mass is 10.1. The van der Waals surface area contributed by atoms with Gasteiger partial charge in [-0.2, -0.15) is 0 Å². The lowest BCUT2D eigenvalue weighted by molar-refractivity contribution is -0.138. The van der Waals surface area contributed by atoms with E-state index in [1.165, 1.54) is 5.56 Å². The predicted octanol–water partition coefficient (Wildman–Crippen LogP) is 2.71. The van der Waals surface area contributed by atoms with Crippen LogP contribution in [0.3, 0.4) is 0 Å². The molecule has 2 heteroatoms. The van der Waals surface area contributed by atoms with Gasteiger partial charge in [0.1, 0.15) is 6.10 Å². The van der Waals surface area contributed by atoms with Gasteiger partial charge in [0.05, 0.1) is 0 Å². The van der Waals surface area contributed by atoms with Gasteiger partial charge in [-0.25, -0.2) is 4.79 Å². The van der Waals surface area contributed by atoms with Crippen LogP contribution in [0.15, 0.2) is 29.8 Å². The molecule has 15 heavy (non-hydrogen) atoms. The van der Waals surface area contributed by atoms with Gasteiger partial charge < -0.3 is 4.74 Å². The smallest absolute Gasteiger partial charge is 0.334 e. The van der Waals surface area contributed by atoms with E-state index in [4.69, 9.17) is 4.74 Å². The molecule has 0 saturated carbocycles. The Morgan fingerprint density at radius 2 is 2.00 bits per heavy atom. The summed E-state index contributed by atoms with van der Waals surface area (Å²) in [6, 6.07) is 8.10. The maximum absolute atomic E-state index is 11.4. The van der Waals surface area contributed by atoms with E-state index in [1.807, 2.05) is 44.2 Å². The summed E-state index contributed by atoms with van der Waals surface area (Å²) in [6.45, 7) is 3.96. The van der Waals surface area contributed by atoms with Crippen LogP contribution in [0, 0.1) is 6.92 Å². The van der Waals surface area contributed by atoms with E-state index in [0.717, 1.165) is 11.1 Å². The lowest BCUT2D eigenvalue weighted by Gasteiger charge is -1.96. The number of carbonyl (C=O) groups excluding carboxylic acids is 1. The number of hydrogen-bond acceptors (Lipinski definition) is 2. The molecule has 0 aliphatic carbocycles. The summed E-state index contributed by atoms with van der Waals surface area (Å²) in [4.78, 5) is 11.4. The lowest BCUT2D eigenvalue weighted by Crippen LogP contribution is -1.99. The minimum absolute atomic E-state index is 0.0224. The van der Waals surface area contributed by atoms with E-state index in [1.54, 1.807) is 0 Å². The Balaban J connectivity index is 2.23. The molecule has 1 aromatic rings. The number of hydrogen-bond donors (Lipinski definition) is 0. The molecule has 1 aliphatic heterocycles. The molecule has 0 radical (unpaired) electrons. The molecule has 1 saturated heterocycles. The average Bonchev–Trinajstić information content (AvgIpc) is 2.49. The van der Waals surface area contributed by atoms with Crippen molar-refractivity contribution in [2.45, 2.75) is 26.4 Å². The van der Waals surface area contributed by atoms with Crippen molar-refractivity contribution < 1.29 is 9.53 Å². The van der Waals surface area contributed by atoms with Gasteiger partial charge in [-0.1, -0.05) is 29.8 Å². The maximum atomic E-state index is 11.4. The van der Waals surface area contributed by atoms with Gasteiger partial charge in [-0.05, 0) is 25.5 Å². The van der Waals surface area contributed by atoms with E-state index < -0.39 is 0 Å². The van der Waals surface area contributed by atoms with Gasteiger partial charge in [0.15, 0.2) is 0 Å². The van der Waals surface area contributed by atoms with Gasteiger partial charge in [-0.3, -0.25) is 0 Å². The topological polar surface area (TPSA) is 26.3 Å². The van der Waals surface area contributed by atoms with Gasteiger partial charge in [0.25, 0.3) is 0 Å². The van der Waals surface area contributed by atoms with Gasteiger partial charge >= 0.3 is 5.97 Å². The van der Waals surface area contributed by atoms with Crippen LogP contribution in [0.1, 0.15) is 24.5 Å². The van der Waals surface area contributed by atoms with Gasteiger partial charge in [0, 0.05) is 12.0 Å². The van der Waals surface area contributed by atoms with Crippen LogP contribution in [-0.2, 0) is 9.53 Å². The first-order valence-corrected chi connectivity index (χ1v) is 5.13. The zero-order valence-electron chi connectivity index (χ0n) is 8.99. The molecule has 1 atom stereocenters. The molecule has 78 valence electrons. The summed E-state index contributed by atoms with van der Waals surface area (Å²) in [5.74, 6) is -0.178. The molecule has 1 heterocycles. The Morgan fingerprint density at radius 3 is 2.53 bits per heavy atom. The highest BCUT2D eigenvalue weighted by atomic mass is 16.5. The quantitative estimate of drug-likeness (QED) is 0.517. The molecule has 1 unspecified atom stereocenters. The van der Waals surface area contributed by atoms with Crippen LogP contribution in [0.4, 0.5) is 0 Å². The first kappa shape index (κ1) is 9.97. The van der Waals surface area contributed by atoms with Crippen molar-refractivity contribution >= 4 is 12.0 Å². The van der Waals surface area contributed by atoms with Crippen molar-refractivity contribution in [3.8, 4) is 0 Å². The minimum atomic E-state index is -0.178. The summed E-state index contributed by atoms with van der Waals surface area (Å²) in [5, 5.41) is 0. The number of benzene rings is 1. The molecule has 0 bridgehead atoms. The molecule has 1 aromatic carbocycles. The van der Waals surface area contributed by atoms with Gasteiger partial charge in [-0.15, -0.1) is 0 Å². The van der Waals surface area contributed by atoms with E-state index in [0.29, 0.717) is 6.42 Å². The minimum Gasteiger partial charge on any atom is -0.459 e. The number of carbonyl (C=O) groups is 1. The largest absolute Gasteiger partial charge is 0.459 e. The molecule has 0 aromatic heterocycles. The number of rotatable bonds is 1. The molecular formula is C13H14O2. The van der Waals surface area contributed by atoms with E-state index in [-0.39, 0.29) is 12.1 Å². The summed E-state index contributed by atoms with van der Waals surface area (Å²) in [7, 11) is 0. The average molecular weight is 202 g/mol. The first-order chi connectivity index (χ1) is 7.15. The second-order valence-electron chi connectivity index (χ2n) is 4.00. The van der Waals surface area contributed by atoms with Crippen molar-refractivity contribution in [1.82, 2.24) is 0 Å². The van der Waals surface area contributed by atoms with Crippen molar-refractivity contribution in [3.63, 3.8) is 0 Å². The zero-order valence-corrected chi connectivity index (χ0v) is 8.99. The second kappa shape index (κ2) is 3.89. The van der Waals surface area contributed by atoms with Crippen LogP contribution < -0.4 is 0 Å². The van der Waals surface area contributed by atoms with E-state index in [9.17, 15) is 4.79 Å². The van der Waals surface area contributed by atoms with Crippen LogP contribution in [0.5, 0.6) is 0 Å². The molecule has 0 spiro atoms. The third-order valence-electron chi connectivity index (χ3n) is 2.50. The fourth-order valence-electron chi connectivity index (χ4n) is 1.67. The Labute approximate surface area is 89.6 Å². The fraction of sp³-hybridized carbons (Fsp3) is 0.308. The summed E-state index contributed by atoms with van der Waals surface area (Å²) >= 11 is 0. The van der Waals surface area contributed by atoms with Crippen molar-refractivity contribution in [3.05, 3.63) is 41.0 Å². The zero-order chi connectivity index (χ0) is 10.8. The number of ether oxygens (including phenoxy) is 1. The normalized spacial score (nSPS) is 23.2. The molecule has 1 aliphatic rings. The molecular weight excluding hydrogens is 188 g/mol. The highest BCUT2D eigenvalue weighted by molar-refractivity contribution is 5.95. The Hall–Kier alpha value is -1.57.